The van der Waals surface area contributed by atoms with Gasteiger partial charge in [0.25, 0.3) is 0 Å². The first kappa shape index (κ1) is 10.3. The van der Waals surface area contributed by atoms with Crippen molar-refractivity contribution in [3.05, 3.63) is 30.1 Å². The molecule has 2 rings (SSSR count). The third-order valence-corrected chi connectivity index (χ3v) is 3.03. The van der Waals surface area contributed by atoms with E-state index in [9.17, 15) is 4.79 Å². The van der Waals surface area contributed by atoms with E-state index in [0.717, 1.165) is 24.8 Å². The largest absolute Gasteiger partial charge is 0.328 e. The number of nitrogens with two attached hydrogens (primary N) is 1. The van der Waals surface area contributed by atoms with Gasteiger partial charge in [-0.3, -0.25) is 9.78 Å². The van der Waals surface area contributed by atoms with Crippen molar-refractivity contribution in [2.45, 2.75) is 31.7 Å². The highest BCUT2D eigenvalue weighted by atomic mass is 16.1. The molecule has 0 aliphatic heterocycles. The topological polar surface area (TPSA) is 56.0 Å². The second-order valence-corrected chi connectivity index (χ2v) is 4.27. The van der Waals surface area contributed by atoms with Crippen LogP contribution in [-0.4, -0.2) is 16.8 Å². The van der Waals surface area contributed by atoms with Crippen LogP contribution in [0.5, 0.6) is 0 Å². The van der Waals surface area contributed by atoms with E-state index in [1.807, 2.05) is 12.1 Å². The van der Waals surface area contributed by atoms with Gasteiger partial charge in [0, 0.05) is 30.8 Å². The Labute approximate surface area is 89.7 Å². The second-order valence-electron chi connectivity index (χ2n) is 4.27. The molecule has 80 valence electrons. The van der Waals surface area contributed by atoms with E-state index in [1.54, 1.807) is 12.4 Å². The van der Waals surface area contributed by atoms with E-state index in [0.29, 0.717) is 12.2 Å². The van der Waals surface area contributed by atoms with Gasteiger partial charge in [-0.1, -0.05) is 6.07 Å². The number of carbonyl (C=O) groups excluding carboxylic acids is 1. The molecule has 1 aromatic rings. The van der Waals surface area contributed by atoms with Crippen molar-refractivity contribution in [3.63, 3.8) is 0 Å². The van der Waals surface area contributed by atoms with Gasteiger partial charge in [-0.15, -0.1) is 0 Å². The number of aromatic nitrogens is 1. The highest BCUT2D eigenvalue weighted by Crippen LogP contribution is 2.25. The molecule has 0 radical (unpaired) electrons. The minimum atomic E-state index is 0.181. The van der Waals surface area contributed by atoms with Gasteiger partial charge < -0.3 is 5.73 Å². The van der Waals surface area contributed by atoms with Gasteiger partial charge >= 0.3 is 0 Å². The zero-order valence-electron chi connectivity index (χ0n) is 8.73. The number of hydrogen-bond acceptors (Lipinski definition) is 3. The number of nitrogens with zero attached hydrogens (tertiary/aromatic N) is 1. The second kappa shape index (κ2) is 4.53. The lowest BCUT2D eigenvalue weighted by molar-refractivity contribution is -0.122. The third-order valence-electron chi connectivity index (χ3n) is 3.03. The number of Topliss-reactive ketones (excluding diaryl/α,β-unsaturated/α-hetero) is 1. The highest BCUT2D eigenvalue weighted by Gasteiger charge is 2.27. The van der Waals surface area contributed by atoms with Crippen LogP contribution >= 0.6 is 0 Å². The van der Waals surface area contributed by atoms with Gasteiger partial charge in [0.05, 0.1) is 0 Å². The summed E-state index contributed by atoms with van der Waals surface area (Å²) in [4.78, 5) is 15.9. The van der Waals surface area contributed by atoms with E-state index >= 15 is 0 Å². The Morgan fingerprint density at radius 2 is 2.40 bits per heavy atom. The van der Waals surface area contributed by atoms with Gasteiger partial charge in [-0.05, 0) is 30.9 Å². The summed E-state index contributed by atoms with van der Waals surface area (Å²) in [6.45, 7) is 0. The maximum atomic E-state index is 11.9. The number of hydrogen-bond donors (Lipinski definition) is 1. The van der Waals surface area contributed by atoms with Crippen LogP contribution in [0.2, 0.25) is 0 Å². The van der Waals surface area contributed by atoms with Crippen LogP contribution < -0.4 is 5.73 Å². The Morgan fingerprint density at radius 3 is 3.00 bits per heavy atom. The van der Waals surface area contributed by atoms with Crippen LogP contribution in [-0.2, 0) is 11.2 Å². The van der Waals surface area contributed by atoms with Crippen molar-refractivity contribution in [1.82, 2.24) is 4.98 Å². The van der Waals surface area contributed by atoms with E-state index in [4.69, 9.17) is 5.73 Å². The fourth-order valence-electron chi connectivity index (χ4n) is 2.16. The number of rotatable bonds is 3. The van der Waals surface area contributed by atoms with E-state index in [-0.39, 0.29) is 12.0 Å². The summed E-state index contributed by atoms with van der Waals surface area (Å²) >= 11 is 0. The van der Waals surface area contributed by atoms with Crippen molar-refractivity contribution < 1.29 is 4.79 Å². The maximum absolute atomic E-state index is 11.9. The third kappa shape index (κ3) is 2.63. The first-order valence-electron chi connectivity index (χ1n) is 5.43. The van der Waals surface area contributed by atoms with Gasteiger partial charge in [0.2, 0.25) is 0 Å². The zero-order chi connectivity index (χ0) is 10.7. The Bertz CT molecular complexity index is 337. The predicted octanol–water partition coefficient (Wildman–Crippen LogP) is 1.32. The van der Waals surface area contributed by atoms with Crippen molar-refractivity contribution in [3.8, 4) is 0 Å². The molecule has 3 nitrogen and oxygen atoms in total. The monoisotopic (exact) mass is 204 g/mol. The summed E-state index contributed by atoms with van der Waals surface area (Å²) in [5.41, 5.74) is 6.79. The zero-order valence-corrected chi connectivity index (χ0v) is 8.73. The van der Waals surface area contributed by atoms with Crippen LogP contribution in [0.15, 0.2) is 24.5 Å². The molecule has 2 N–H and O–H groups in total. The fourth-order valence-corrected chi connectivity index (χ4v) is 2.16. The Balaban J connectivity index is 1.93. The van der Waals surface area contributed by atoms with E-state index in [1.165, 1.54) is 0 Å². The first-order valence-corrected chi connectivity index (χ1v) is 5.43. The molecule has 1 aliphatic rings. The Kier molecular flexibility index (Phi) is 3.11. The lowest BCUT2D eigenvalue weighted by Crippen LogP contribution is -2.19. The molecular weight excluding hydrogens is 188 g/mol. The normalized spacial score (nSPS) is 25.4. The summed E-state index contributed by atoms with van der Waals surface area (Å²) in [5, 5.41) is 0. The SMILES string of the molecule is NC1CCC(C(=O)Cc2cccnc2)C1. The highest BCUT2D eigenvalue weighted by molar-refractivity contribution is 5.83. The molecule has 2 unspecified atom stereocenters. The number of pyridine rings is 1. The standard InChI is InChI=1S/C12H16N2O/c13-11-4-3-10(7-11)12(15)6-9-2-1-5-14-8-9/h1-2,5,8,10-11H,3-4,6-7,13H2. The molecule has 1 saturated carbocycles. The molecule has 1 heterocycles. The summed E-state index contributed by atoms with van der Waals surface area (Å²) in [7, 11) is 0. The Morgan fingerprint density at radius 1 is 1.53 bits per heavy atom. The first-order chi connectivity index (χ1) is 7.25. The van der Waals surface area contributed by atoms with Crippen molar-refractivity contribution >= 4 is 5.78 Å². The van der Waals surface area contributed by atoms with Crippen LogP contribution in [0.1, 0.15) is 24.8 Å². The van der Waals surface area contributed by atoms with Gasteiger partial charge in [-0.25, -0.2) is 0 Å². The average Bonchev–Trinajstić information content (AvgIpc) is 2.66. The lowest BCUT2D eigenvalue weighted by Gasteiger charge is -2.07. The van der Waals surface area contributed by atoms with Crippen molar-refractivity contribution in [2.24, 2.45) is 11.7 Å². The quantitative estimate of drug-likeness (QED) is 0.808. The van der Waals surface area contributed by atoms with Crippen LogP contribution in [0.4, 0.5) is 0 Å². The molecule has 3 heteroatoms. The van der Waals surface area contributed by atoms with Crippen LogP contribution in [0.3, 0.4) is 0 Å². The summed E-state index contributed by atoms with van der Waals surface area (Å²) < 4.78 is 0. The molecule has 1 aromatic heterocycles. The van der Waals surface area contributed by atoms with E-state index in [2.05, 4.69) is 4.98 Å². The smallest absolute Gasteiger partial charge is 0.140 e. The molecule has 0 spiro atoms. The fraction of sp³-hybridized carbons (Fsp3) is 0.500. The summed E-state index contributed by atoms with van der Waals surface area (Å²) in [5.74, 6) is 0.496. The summed E-state index contributed by atoms with van der Waals surface area (Å²) in [6.07, 6.45) is 6.79. The Hall–Kier alpha value is -1.22. The molecule has 0 aromatic carbocycles. The minimum absolute atomic E-state index is 0.181. The summed E-state index contributed by atoms with van der Waals surface area (Å²) in [6, 6.07) is 4.04. The molecule has 0 amide bonds. The maximum Gasteiger partial charge on any atom is 0.140 e. The minimum Gasteiger partial charge on any atom is -0.328 e. The average molecular weight is 204 g/mol. The lowest BCUT2D eigenvalue weighted by atomic mass is 9.97. The van der Waals surface area contributed by atoms with Crippen LogP contribution in [0, 0.1) is 5.92 Å². The van der Waals surface area contributed by atoms with Gasteiger partial charge in [-0.2, -0.15) is 0 Å². The molecule has 1 fully saturated rings. The molecule has 1 aliphatic carbocycles. The predicted molar refractivity (Wildman–Crippen MR) is 58.3 cm³/mol. The van der Waals surface area contributed by atoms with Gasteiger partial charge in [0.1, 0.15) is 5.78 Å². The number of ketones is 1. The van der Waals surface area contributed by atoms with Crippen molar-refractivity contribution in [1.29, 1.82) is 0 Å². The number of carbonyl (C=O) groups is 1. The molecule has 15 heavy (non-hydrogen) atoms. The van der Waals surface area contributed by atoms with Crippen LogP contribution in [0.25, 0.3) is 0 Å². The van der Waals surface area contributed by atoms with E-state index < -0.39 is 0 Å². The molecule has 0 bridgehead atoms. The molecule has 2 atom stereocenters. The molecular formula is C12H16N2O. The van der Waals surface area contributed by atoms with Gasteiger partial charge in [0.15, 0.2) is 0 Å². The molecule has 0 saturated heterocycles. The van der Waals surface area contributed by atoms with Crippen molar-refractivity contribution in [2.75, 3.05) is 0 Å².